The van der Waals surface area contributed by atoms with Crippen molar-refractivity contribution in [1.82, 2.24) is 0 Å². The normalized spacial score (nSPS) is 12.2. The Morgan fingerprint density at radius 2 is 2.10 bits per heavy atom. The molecule has 0 radical (unpaired) electrons. The molecule has 0 bridgehead atoms. The van der Waals surface area contributed by atoms with Gasteiger partial charge in [-0.2, -0.15) is 0 Å². The lowest BCUT2D eigenvalue weighted by Gasteiger charge is -2.01. The first kappa shape index (κ1) is 9.21. The minimum atomic E-state index is 0.0255. The molecule has 0 aromatic heterocycles. The van der Waals surface area contributed by atoms with E-state index in [4.69, 9.17) is 5.11 Å². The Kier molecular flexibility index (Phi) is 3.77. The van der Waals surface area contributed by atoms with Gasteiger partial charge in [0.1, 0.15) is 0 Å². The number of allylic oxidation sites excluding steroid dienone is 1. The highest BCUT2D eigenvalue weighted by atomic mass is 16.2. The molecule has 10 heavy (non-hydrogen) atoms. The zero-order chi connectivity index (χ0) is 8.15. The Labute approximate surface area is 61.6 Å². The van der Waals surface area contributed by atoms with Gasteiger partial charge < -0.3 is 5.11 Å². The van der Waals surface area contributed by atoms with Crippen LogP contribution in [0.1, 0.15) is 27.2 Å². The Bertz CT molecular complexity index is 145. The van der Waals surface area contributed by atoms with Crippen molar-refractivity contribution < 1.29 is 9.90 Å². The molecule has 0 rings (SSSR count). The van der Waals surface area contributed by atoms with E-state index in [9.17, 15) is 4.79 Å². The molecule has 1 N–H and O–H groups in total. The average molecular weight is 142 g/mol. The lowest BCUT2D eigenvalue weighted by Crippen LogP contribution is -2.03. The summed E-state index contributed by atoms with van der Waals surface area (Å²) in [5.41, 5.74) is 0.439. The fourth-order valence-electron chi connectivity index (χ4n) is 0.604. The standard InChI is InChI=1S/C8H14O2/c1-6(2)4-8(10)7(3)5-9/h5-6,9H,4H2,1-3H3/b7-5+. The van der Waals surface area contributed by atoms with Crippen LogP contribution in [0.25, 0.3) is 0 Å². The number of Topliss-reactive ketones (excluding diaryl/α,β-unsaturated/α-hetero) is 1. The van der Waals surface area contributed by atoms with Gasteiger partial charge in [-0.1, -0.05) is 13.8 Å². The summed E-state index contributed by atoms with van der Waals surface area (Å²) in [6.45, 7) is 5.57. The molecule has 58 valence electrons. The van der Waals surface area contributed by atoms with Crippen LogP contribution in [0, 0.1) is 5.92 Å². The number of aliphatic hydroxyl groups excluding tert-OH is 1. The topological polar surface area (TPSA) is 37.3 Å². The van der Waals surface area contributed by atoms with Gasteiger partial charge in [0.2, 0.25) is 0 Å². The molecule has 0 aromatic carbocycles. The van der Waals surface area contributed by atoms with Gasteiger partial charge in [0.15, 0.2) is 5.78 Å². The van der Waals surface area contributed by atoms with Crippen molar-refractivity contribution in [3.8, 4) is 0 Å². The van der Waals surface area contributed by atoms with Crippen molar-refractivity contribution in [2.75, 3.05) is 0 Å². The molecule has 0 aliphatic rings. The fraction of sp³-hybridized carbons (Fsp3) is 0.625. The molecular weight excluding hydrogens is 128 g/mol. The third kappa shape index (κ3) is 3.28. The number of aliphatic hydroxyl groups is 1. The van der Waals surface area contributed by atoms with Gasteiger partial charge in [-0.05, 0) is 12.8 Å². The maximum absolute atomic E-state index is 11.0. The van der Waals surface area contributed by atoms with E-state index >= 15 is 0 Å². The molecule has 2 heteroatoms. The van der Waals surface area contributed by atoms with Crippen LogP contribution in [0.15, 0.2) is 11.8 Å². The Morgan fingerprint density at radius 1 is 1.60 bits per heavy atom. The van der Waals surface area contributed by atoms with Gasteiger partial charge in [-0.3, -0.25) is 4.79 Å². The maximum atomic E-state index is 11.0. The zero-order valence-electron chi connectivity index (χ0n) is 6.72. The Hall–Kier alpha value is -0.790. The van der Waals surface area contributed by atoms with Crippen LogP contribution in [0.2, 0.25) is 0 Å². The smallest absolute Gasteiger partial charge is 0.161 e. The molecule has 0 fully saturated rings. The Morgan fingerprint density at radius 3 is 2.40 bits per heavy atom. The number of hydrogen-bond donors (Lipinski definition) is 1. The van der Waals surface area contributed by atoms with E-state index in [1.807, 2.05) is 13.8 Å². The zero-order valence-corrected chi connectivity index (χ0v) is 6.72. The monoisotopic (exact) mass is 142 g/mol. The summed E-state index contributed by atoms with van der Waals surface area (Å²) >= 11 is 0. The van der Waals surface area contributed by atoms with E-state index in [0.717, 1.165) is 6.26 Å². The summed E-state index contributed by atoms with van der Waals surface area (Å²) in [7, 11) is 0. The maximum Gasteiger partial charge on any atom is 0.161 e. The number of ketones is 1. The van der Waals surface area contributed by atoms with Crippen molar-refractivity contribution >= 4 is 5.78 Å². The lowest BCUT2D eigenvalue weighted by atomic mass is 10.0. The molecular formula is C8H14O2. The van der Waals surface area contributed by atoms with E-state index in [1.54, 1.807) is 6.92 Å². The van der Waals surface area contributed by atoms with E-state index < -0.39 is 0 Å². The van der Waals surface area contributed by atoms with Crippen LogP contribution in [-0.2, 0) is 4.79 Å². The minimum absolute atomic E-state index is 0.0255. The summed E-state index contributed by atoms with van der Waals surface area (Å²) in [5, 5.41) is 8.44. The molecule has 0 unspecified atom stereocenters. The fourth-order valence-corrected chi connectivity index (χ4v) is 0.604. The van der Waals surface area contributed by atoms with E-state index in [2.05, 4.69) is 0 Å². The van der Waals surface area contributed by atoms with Crippen LogP contribution in [0.4, 0.5) is 0 Å². The highest BCUT2D eigenvalue weighted by Gasteiger charge is 2.05. The van der Waals surface area contributed by atoms with Crippen LogP contribution < -0.4 is 0 Å². The molecule has 2 nitrogen and oxygen atoms in total. The second kappa shape index (κ2) is 4.09. The van der Waals surface area contributed by atoms with Gasteiger partial charge >= 0.3 is 0 Å². The van der Waals surface area contributed by atoms with E-state index in [1.165, 1.54) is 0 Å². The quantitative estimate of drug-likeness (QED) is 0.483. The predicted molar refractivity (Wildman–Crippen MR) is 40.8 cm³/mol. The van der Waals surface area contributed by atoms with Crippen molar-refractivity contribution in [1.29, 1.82) is 0 Å². The van der Waals surface area contributed by atoms with Gasteiger partial charge in [-0.25, -0.2) is 0 Å². The van der Waals surface area contributed by atoms with Gasteiger partial charge in [0, 0.05) is 12.0 Å². The summed E-state index contributed by atoms with van der Waals surface area (Å²) in [6.07, 6.45) is 1.38. The second-order valence-electron chi connectivity index (χ2n) is 2.83. The molecule has 0 aliphatic carbocycles. The minimum Gasteiger partial charge on any atom is -0.515 e. The first-order valence-corrected chi connectivity index (χ1v) is 3.42. The van der Waals surface area contributed by atoms with Crippen molar-refractivity contribution in [3.63, 3.8) is 0 Å². The number of carbonyl (C=O) groups excluding carboxylic acids is 1. The Balaban J connectivity index is 3.86. The van der Waals surface area contributed by atoms with Crippen molar-refractivity contribution in [3.05, 3.63) is 11.8 Å². The number of carbonyl (C=O) groups is 1. The van der Waals surface area contributed by atoms with Crippen LogP contribution in [0.3, 0.4) is 0 Å². The largest absolute Gasteiger partial charge is 0.515 e. The van der Waals surface area contributed by atoms with Gasteiger partial charge in [0.05, 0.1) is 6.26 Å². The summed E-state index contributed by atoms with van der Waals surface area (Å²) in [6, 6.07) is 0. The SMILES string of the molecule is C/C(=C\O)C(=O)CC(C)C. The molecule has 0 spiro atoms. The lowest BCUT2D eigenvalue weighted by molar-refractivity contribution is -0.116. The molecule has 0 saturated heterocycles. The van der Waals surface area contributed by atoms with E-state index in [0.29, 0.717) is 17.9 Å². The van der Waals surface area contributed by atoms with Crippen LogP contribution in [0.5, 0.6) is 0 Å². The third-order valence-electron chi connectivity index (χ3n) is 1.23. The summed E-state index contributed by atoms with van der Waals surface area (Å²) in [5.74, 6) is 0.389. The predicted octanol–water partition coefficient (Wildman–Crippen LogP) is 2.06. The molecule has 0 saturated carbocycles. The van der Waals surface area contributed by atoms with Gasteiger partial charge in [0.25, 0.3) is 0 Å². The molecule has 0 amide bonds. The summed E-state index contributed by atoms with van der Waals surface area (Å²) in [4.78, 5) is 11.0. The first-order valence-electron chi connectivity index (χ1n) is 3.42. The third-order valence-corrected chi connectivity index (χ3v) is 1.23. The molecule has 0 aliphatic heterocycles. The average Bonchev–Trinajstić information content (AvgIpc) is 1.85. The molecule has 0 aromatic rings. The van der Waals surface area contributed by atoms with Crippen molar-refractivity contribution in [2.24, 2.45) is 5.92 Å². The highest BCUT2D eigenvalue weighted by molar-refractivity contribution is 5.94. The second-order valence-corrected chi connectivity index (χ2v) is 2.83. The number of rotatable bonds is 3. The molecule has 0 atom stereocenters. The van der Waals surface area contributed by atoms with Crippen LogP contribution in [-0.4, -0.2) is 10.9 Å². The van der Waals surface area contributed by atoms with Crippen molar-refractivity contribution in [2.45, 2.75) is 27.2 Å². The van der Waals surface area contributed by atoms with Crippen LogP contribution >= 0.6 is 0 Å². The first-order chi connectivity index (χ1) is 4.57. The van der Waals surface area contributed by atoms with Gasteiger partial charge in [-0.15, -0.1) is 0 Å². The summed E-state index contributed by atoms with van der Waals surface area (Å²) < 4.78 is 0. The molecule has 0 heterocycles. The van der Waals surface area contributed by atoms with E-state index in [-0.39, 0.29) is 5.78 Å². The highest BCUT2D eigenvalue weighted by Crippen LogP contribution is 2.05. The number of hydrogen-bond acceptors (Lipinski definition) is 2.